The lowest BCUT2D eigenvalue weighted by Gasteiger charge is -2.28. The second-order valence-electron chi connectivity index (χ2n) is 3.17. The molecule has 1 amide bonds. The SMILES string of the molecule is CCCC(C(=O)NN)N(CC)CCO. The van der Waals surface area contributed by atoms with Crippen molar-refractivity contribution in [3.8, 4) is 0 Å². The van der Waals surface area contributed by atoms with Crippen LogP contribution in [-0.2, 0) is 4.79 Å². The first-order chi connectivity index (χ1) is 6.71. The standard InChI is InChI=1S/C9H21N3O2/c1-3-5-8(9(14)11-10)12(4-2)6-7-13/h8,13H,3-7,10H2,1-2H3,(H,11,14). The van der Waals surface area contributed by atoms with Crippen LogP contribution in [0, 0.1) is 0 Å². The van der Waals surface area contributed by atoms with Crippen molar-refractivity contribution >= 4 is 5.91 Å². The molecule has 0 heterocycles. The van der Waals surface area contributed by atoms with E-state index in [0.717, 1.165) is 19.4 Å². The number of hydrogen-bond acceptors (Lipinski definition) is 4. The molecule has 14 heavy (non-hydrogen) atoms. The Hall–Kier alpha value is -0.650. The number of nitrogens with one attached hydrogen (secondary N) is 1. The molecule has 1 atom stereocenters. The summed E-state index contributed by atoms with van der Waals surface area (Å²) in [6, 6.07) is -0.220. The summed E-state index contributed by atoms with van der Waals surface area (Å²) in [7, 11) is 0. The maximum Gasteiger partial charge on any atom is 0.251 e. The van der Waals surface area contributed by atoms with Crippen molar-refractivity contribution in [1.29, 1.82) is 0 Å². The van der Waals surface area contributed by atoms with Crippen LogP contribution in [0.4, 0.5) is 0 Å². The Balaban J connectivity index is 4.33. The normalized spacial score (nSPS) is 12.9. The Morgan fingerprint density at radius 3 is 2.57 bits per heavy atom. The average molecular weight is 203 g/mol. The molecule has 0 bridgehead atoms. The lowest BCUT2D eigenvalue weighted by atomic mass is 10.1. The highest BCUT2D eigenvalue weighted by Gasteiger charge is 2.22. The van der Waals surface area contributed by atoms with Gasteiger partial charge in [0.1, 0.15) is 0 Å². The highest BCUT2D eigenvalue weighted by molar-refractivity contribution is 5.81. The summed E-state index contributed by atoms with van der Waals surface area (Å²) >= 11 is 0. The molecule has 0 saturated carbocycles. The first kappa shape index (κ1) is 13.4. The van der Waals surface area contributed by atoms with E-state index in [4.69, 9.17) is 10.9 Å². The first-order valence-electron chi connectivity index (χ1n) is 5.06. The molecule has 0 rings (SSSR count). The summed E-state index contributed by atoms with van der Waals surface area (Å²) in [5, 5.41) is 8.83. The molecule has 0 aromatic heterocycles. The van der Waals surface area contributed by atoms with Gasteiger partial charge in [-0.15, -0.1) is 0 Å². The first-order valence-corrected chi connectivity index (χ1v) is 5.06. The molecule has 84 valence electrons. The van der Waals surface area contributed by atoms with Gasteiger partial charge in [0.25, 0.3) is 5.91 Å². The summed E-state index contributed by atoms with van der Waals surface area (Å²) in [6.45, 7) is 5.28. The van der Waals surface area contributed by atoms with Gasteiger partial charge in [-0.2, -0.15) is 0 Å². The minimum Gasteiger partial charge on any atom is -0.395 e. The largest absolute Gasteiger partial charge is 0.395 e. The van der Waals surface area contributed by atoms with Crippen molar-refractivity contribution in [1.82, 2.24) is 10.3 Å². The van der Waals surface area contributed by atoms with Crippen LogP contribution in [0.5, 0.6) is 0 Å². The summed E-state index contributed by atoms with van der Waals surface area (Å²) < 4.78 is 0. The quantitative estimate of drug-likeness (QED) is 0.295. The zero-order chi connectivity index (χ0) is 11.0. The lowest BCUT2D eigenvalue weighted by molar-refractivity contribution is -0.127. The van der Waals surface area contributed by atoms with Gasteiger partial charge in [-0.25, -0.2) is 5.84 Å². The Labute approximate surface area is 85.2 Å². The number of nitrogens with two attached hydrogens (primary N) is 1. The van der Waals surface area contributed by atoms with Gasteiger partial charge in [-0.3, -0.25) is 15.1 Å². The van der Waals surface area contributed by atoms with E-state index in [1.165, 1.54) is 0 Å². The predicted octanol–water partition coefficient (Wildman–Crippen LogP) is -0.541. The summed E-state index contributed by atoms with van der Waals surface area (Å²) in [5.41, 5.74) is 2.16. The molecule has 0 aliphatic carbocycles. The number of rotatable bonds is 7. The second kappa shape index (κ2) is 7.73. The molecular weight excluding hydrogens is 182 g/mol. The minimum atomic E-state index is -0.220. The molecule has 0 spiro atoms. The number of nitrogens with zero attached hydrogens (tertiary/aromatic N) is 1. The fourth-order valence-corrected chi connectivity index (χ4v) is 1.51. The van der Waals surface area contributed by atoms with Crippen molar-refractivity contribution in [3.05, 3.63) is 0 Å². The van der Waals surface area contributed by atoms with Crippen molar-refractivity contribution in [3.63, 3.8) is 0 Å². The molecule has 0 fully saturated rings. The Morgan fingerprint density at radius 1 is 1.57 bits per heavy atom. The number of carbonyl (C=O) groups is 1. The third-order valence-corrected chi connectivity index (χ3v) is 2.24. The van der Waals surface area contributed by atoms with Crippen LogP contribution in [0.1, 0.15) is 26.7 Å². The lowest BCUT2D eigenvalue weighted by Crippen LogP contribution is -2.49. The van der Waals surface area contributed by atoms with E-state index in [0.29, 0.717) is 6.54 Å². The maximum absolute atomic E-state index is 11.4. The van der Waals surface area contributed by atoms with Crippen molar-refractivity contribution in [2.75, 3.05) is 19.7 Å². The summed E-state index contributed by atoms with van der Waals surface area (Å²) in [5.74, 6) is 4.92. The fraction of sp³-hybridized carbons (Fsp3) is 0.889. The van der Waals surface area contributed by atoms with Gasteiger partial charge in [0, 0.05) is 6.54 Å². The second-order valence-corrected chi connectivity index (χ2v) is 3.17. The average Bonchev–Trinajstić information content (AvgIpc) is 2.22. The van der Waals surface area contributed by atoms with Gasteiger partial charge in [-0.05, 0) is 13.0 Å². The number of hydrazine groups is 1. The van der Waals surface area contributed by atoms with Gasteiger partial charge in [0.05, 0.1) is 12.6 Å². The van der Waals surface area contributed by atoms with Crippen LogP contribution >= 0.6 is 0 Å². The molecular formula is C9H21N3O2. The monoisotopic (exact) mass is 203 g/mol. The van der Waals surface area contributed by atoms with Gasteiger partial charge in [0.15, 0.2) is 0 Å². The number of hydrogen-bond donors (Lipinski definition) is 3. The summed E-state index contributed by atoms with van der Waals surface area (Å²) in [6.07, 6.45) is 1.68. The number of aliphatic hydroxyl groups excluding tert-OH is 1. The maximum atomic E-state index is 11.4. The van der Waals surface area contributed by atoms with Crippen LogP contribution in [0.25, 0.3) is 0 Å². The number of amides is 1. The summed E-state index contributed by atoms with van der Waals surface area (Å²) in [4.78, 5) is 13.3. The third kappa shape index (κ3) is 4.04. The van der Waals surface area contributed by atoms with Crippen LogP contribution < -0.4 is 11.3 Å². The molecule has 0 aliphatic rings. The Bertz CT molecular complexity index is 164. The van der Waals surface area contributed by atoms with E-state index >= 15 is 0 Å². The van der Waals surface area contributed by atoms with E-state index < -0.39 is 0 Å². The van der Waals surface area contributed by atoms with Crippen LogP contribution in [-0.4, -0.2) is 41.7 Å². The molecule has 0 radical (unpaired) electrons. The molecule has 4 N–H and O–H groups in total. The Morgan fingerprint density at radius 2 is 2.21 bits per heavy atom. The van der Waals surface area contributed by atoms with Crippen molar-refractivity contribution in [2.24, 2.45) is 5.84 Å². The van der Waals surface area contributed by atoms with Gasteiger partial charge in [0.2, 0.25) is 0 Å². The van der Waals surface area contributed by atoms with E-state index in [1.54, 1.807) is 0 Å². The van der Waals surface area contributed by atoms with Crippen LogP contribution in [0.15, 0.2) is 0 Å². The van der Waals surface area contributed by atoms with E-state index in [-0.39, 0.29) is 18.6 Å². The fourth-order valence-electron chi connectivity index (χ4n) is 1.51. The van der Waals surface area contributed by atoms with Gasteiger partial charge in [-0.1, -0.05) is 20.3 Å². The van der Waals surface area contributed by atoms with E-state index in [2.05, 4.69) is 5.43 Å². The Kier molecular flexibility index (Phi) is 7.37. The number of carbonyl (C=O) groups excluding carboxylic acids is 1. The zero-order valence-corrected chi connectivity index (χ0v) is 8.99. The highest BCUT2D eigenvalue weighted by atomic mass is 16.3. The van der Waals surface area contributed by atoms with Crippen LogP contribution in [0.3, 0.4) is 0 Å². The van der Waals surface area contributed by atoms with Crippen molar-refractivity contribution < 1.29 is 9.90 Å². The molecule has 5 heteroatoms. The highest BCUT2D eigenvalue weighted by Crippen LogP contribution is 2.06. The van der Waals surface area contributed by atoms with Crippen molar-refractivity contribution in [2.45, 2.75) is 32.7 Å². The predicted molar refractivity (Wildman–Crippen MR) is 55.4 cm³/mol. The zero-order valence-electron chi connectivity index (χ0n) is 8.99. The van der Waals surface area contributed by atoms with Gasteiger partial charge >= 0.3 is 0 Å². The minimum absolute atomic E-state index is 0.0614. The molecule has 0 aromatic rings. The van der Waals surface area contributed by atoms with E-state index in [9.17, 15) is 4.79 Å². The number of aliphatic hydroxyl groups is 1. The van der Waals surface area contributed by atoms with E-state index in [1.807, 2.05) is 18.7 Å². The molecule has 0 saturated heterocycles. The topological polar surface area (TPSA) is 78.6 Å². The molecule has 0 aromatic carbocycles. The third-order valence-electron chi connectivity index (χ3n) is 2.24. The van der Waals surface area contributed by atoms with Gasteiger partial charge < -0.3 is 5.11 Å². The smallest absolute Gasteiger partial charge is 0.251 e. The molecule has 1 unspecified atom stereocenters. The number of likely N-dealkylation sites (N-methyl/N-ethyl adjacent to an activating group) is 1. The molecule has 5 nitrogen and oxygen atoms in total. The van der Waals surface area contributed by atoms with Crippen LogP contribution in [0.2, 0.25) is 0 Å². The molecule has 0 aliphatic heterocycles.